The Labute approximate surface area is 129 Å². The molecule has 1 amide bonds. The van der Waals surface area contributed by atoms with Gasteiger partial charge in [-0.1, -0.05) is 30.4 Å². The Hall–Kier alpha value is -1.51. The van der Waals surface area contributed by atoms with Crippen LogP contribution in [-0.4, -0.2) is 32.4 Å². The maximum Gasteiger partial charge on any atom is 0.241 e. The number of benzene rings is 1. The summed E-state index contributed by atoms with van der Waals surface area (Å²) in [7, 11) is -3.71. The molecule has 0 atom stereocenters. The lowest BCUT2D eigenvalue weighted by Gasteiger charge is -2.11. The average Bonchev–Trinajstić information content (AvgIpc) is 3.28. The molecule has 0 aliphatic heterocycles. The first kappa shape index (κ1) is 15.9. The van der Waals surface area contributed by atoms with Crippen LogP contribution in [0.2, 0.25) is 0 Å². The molecule has 6 nitrogen and oxygen atoms in total. The third-order valence-corrected chi connectivity index (χ3v) is 4.85. The first-order chi connectivity index (χ1) is 9.92. The van der Waals surface area contributed by atoms with Gasteiger partial charge in [0, 0.05) is 24.6 Å². The quantitative estimate of drug-likeness (QED) is 0.488. The molecule has 1 fully saturated rings. The molecule has 1 aromatic carbocycles. The SMILES string of the molecule is NC(=S)c1ccccc1S(=O)(=O)NCCNC(=O)C1CC1. The fourth-order valence-electron chi connectivity index (χ4n) is 1.84. The number of carbonyl (C=O) groups excluding carboxylic acids is 1. The molecule has 0 radical (unpaired) electrons. The zero-order chi connectivity index (χ0) is 15.5. The molecule has 0 bridgehead atoms. The molecule has 1 aliphatic rings. The summed E-state index contributed by atoms with van der Waals surface area (Å²) in [6.45, 7) is 0.371. The Morgan fingerprint density at radius 2 is 1.95 bits per heavy atom. The van der Waals surface area contributed by atoms with Gasteiger partial charge in [-0.05, 0) is 18.9 Å². The predicted octanol–water partition coefficient (Wildman–Crippen LogP) is 0.125. The second-order valence-corrected chi connectivity index (χ2v) is 7.00. The van der Waals surface area contributed by atoms with Crippen molar-refractivity contribution < 1.29 is 13.2 Å². The van der Waals surface area contributed by atoms with Crippen molar-refractivity contribution in [2.24, 2.45) is 11.7 Å². The highest BCUT2D eigenvalue weighted by atomic mass is 32.2. The molecule has 21 heavy (non-hydrogen) atoms. The van der Waals surface area contributed by atoms with Gasteiger partial charge in [0.1, 0.15) is 4.99 Å². The molecule has 0 spiro atoms. The standard InChI is InChI=1S/C13H17N3O3S2/c14-12(20)10-3-1-2-4-11(10)21(18,19)16-8-7-15-13(17)9-5-6-9/h1-4,9,16H,5-8H2,(H2,14,20)(H,15,17). The number of nitrogens with two attached hydrogens (primary N) is 1. The summed E-state index contributed by atoms with van der Waals surface area (Å²) in [6.07, 6.45) is 1.83. The molecule has 2 rings (SSSR count). The van der Waals surface area contributed by atoms with Crippen molar-refractivity contribution in [2.45, 2.75) is 17.7 Å². The summed E-state index contributed by atoms with van der Waals surface area (Å²) in [4.78, 5) is 11.5. The van der Waals surface area contributed by atoms with E-state index in [-0.39, 0.29) is 34.8 Å². The number of carbonyl (C=O) groups is 1. The third kappa shape index (κ3) is 4.23. The molecular formula is C13H17N3O3S2. The molecule has 0 aromatic heterocycles. The zero-order valence-electron chi connectivity index (χ0n) is 11.3. The smallest absolute Gasteiger partial charge is 0.241 e. The van der Waals surface area contributed by atoms with Crippen LogP contribution in [-0.2, 0) is 14.8 Å². The Morgan fingerprint density at radius 1 is 1.29 bits per heavy atom. The monoisotopic (exact) mass is 327 g/mol. The number of nitrogens with one attached hydrogen (secondary N) is 2. The molecular weight excluding hydrogens is 310 g/mol. The van der Waals surface area contributed by atoms with Gasteiger partial charge < -0.3 is 11.1 Å². The number of hydrogen-bond acceptors (Lipinski definition) is 4. The van der Waals surface area contributed by atoms with Crippen molar-refractivity contribution in [2.75, 3.05) is 13.1 Å². The molecule has 1 saturated carbocycles. The highest BCUT2D eigenvalue weighted by molar-refractivity contribution is 7.89. The van der Waals surface area contributed by atoms with Crippen LogP contribution in [0.4, 0.5) is 0 Å². The molecule has 1 aromatic rings. The number of rotatable bonds is 7. The van der Waals surface area contributed by atoms with Crippen molar-refractivity contribution in [3.8, 4) is 0 Å². The van der Waals surface area contributed by atoms with Crippen LogP contribution < -0.4 is 15.8 Å². The summed E-state index contributed by atoms with van der Waals surface area (Å²) >= 11 is 4.85. The Bertz CT molecular complexity index is 654. The van der Waals surface area contributed by atoms with E-state index in [9.17, 15) is 13.2 Å². The Morgan fingerprint density at radius 3 is 2.57 bits per heavy atom. The van der Waals surface area contributed by atoms with E-state index in [1.165, 1.54) is 6.07 Å². The number of hydrogen-bond donors (Lipinski definition) is 3. The highest BCUT2D eigenvalue weighted by Crippen LogP contribution is 2.28. The van der Waals surface area contributed by atoms with Gasteiger partial charge in [0.25, 0.3) is 0 Å². The van der Waals surface area contributed by atoms with E-state index in [1.54, 1.807) is 18.2 Å². The highest BCUT2D eigenvalue weighted by Gasteiger charge is 2.29. The number of sulfonamides is 1. The topological polar surface area (TPSA) is 101 Å². The first-order valence-corrected chi connectivity index (χ1v) is 8.47. The fraction of sp³-hybridized carbons (Fsp3) is 0.385. The van der Waals surface area contributed by atoms with Crippen molar-refractivity contribution in [1.82, 2.24) is 10.0 Å². The summed E-state index contributed by atoms with van der Waals surface area (Å²) in [5.41, 5.74) is 5.84. The second-order valence-electron chi connectivity index (χ2n) is 4.82. The van der Waals surface area contributed by atoms with Crippen LogP contribution in [0.3, 0.4) is 0 Å². The summed E-state index contributed by atoms with van der Waals surface area (Å²) < 4.78 is 26.8. The summed E-state index contributed by atoms with van der Waals surface area (Å²) in [5.74, 6) is 0.0923. The normalized spacial score (nSPS) is 14.7. The molecule has 8 heteroatoms. The molecule has 1 aliphatic carbocycles. The minimum atomic E-state index is -3.71. The summed E-state index contributed by atoms with van der Waals surface area (Å²) in [6, 6.07) is 6.28. The lowest BCUT2D eigenvalue weighted by Crippen LogP contribution is -2.35. The third-order valence-electron chi connectivity index (χ3n) is 3.11. The molecule has 0 heterocycles. The van der Waals surface area contributed by atoms with Crippen LogP contribution in [0.15, 0.2) is 29.2 Å². The summed E-state index contributed by atoms with van der Waals surface area (Å²) in [5, 5.41) is 2.69. The lowest BCUT2D eigenvalue weighted by molar-refractivity contribution is -0.122. The van der Waals surface area contributed by atoms with Gasteiger partial charge in [-0.25, -0.2) is 13.1 Å². The van der Waals surface area contributed by atoms with E-state index in [0.717, 1.165) is 12.8 Å². The minimum Gasteiger partial charge on any atom is -0.389 e. The van der Waals surface area contributed by atoms with E-state index < -0.39 is 10.0 Å². The first-order valence-electron chi connectivity index (χ1n) is 6.58. The maximum absolute atomic E-state index is 12.2. The van der Waals surface area contributed by atoms with Crippen LogP contribution in [0, 0.1) is 5.92 Å². The van der Waals surface area contributed by atoms with Crippen LogP contribution in [0.5, 0.6) is 0 Å². The molecule has 0 saturated heterocycles. The maximum atomic E-state index is 12.2. The second kappa shape index (κ2) is 6.50. The predicted molar refractivity (Wildman–Crippen MR) is 83.3 cm³/mol. The molecule has 4 N–H and O–H groups in total. The number of amides is 1. The lowest BCUT2D eigenvalue weighted by atomic mass is 10.2. The zero-order valence-corrected chi connectivity index (χ0v) is 13.0. The average molecular weight is 327 g/mol. The van der Waals surface area contributed by atoms with Gasteiger partial charge in [0.15, 0.2) is 0 Å². The minimum absolute atomic E-state index is 0.0160. The van der Waals surface area contributed by atoms with Crippen molar-refractivity contribution >= 4 is 33.1 Å². The van der Waals surface area contributed by atoms with Gasteiger partial charge in [-0.3, -0.25) is 4.79 Å². The van der Waals surface area contributed by atoms with Gasteiger partial charge in [0.2, 0.25) is 15.9 Å². The van der Waals surface area contributed by atoms with Gasteiger partial charge >= 0.3 is 0 Å². The van der Waals surface area contributed by atoms with E-state index >= 15 is 0 Å². The van der Waals surface area contributed by atoms with E-state index in [1.807, 2.05) is 0 Å². The van der Waals surface area contributed by atoms with Gasteiger partial charge in [0.05, 0.1) is 4.90 Å². The van der Waals surface area contributed by atoms with Crippen molar-refractivity contribution in [3.05, 3.63) is 29.8 Å². The van der Waals surface area contributed by atoms with Crippen LogP contribution >= 0.6 is 12.2 Å². The van der Waals surface area contributed by atoms with Crippen molar-refractivity contribution in [3.63, 3.8) is 0 Å². The number of thiocarbonyl (C=S) groups is 1. The molecule has 114 valence electrons. The van der Waals surface area contributed by atoms with Crippen LogP contribution in [0.25, 0.3) is 0 Å². The van der Waals surface area contributed by atoms with Gasteiger partial charge in [-0.2, -0.15) is 0 Å². The van der Waals surface area contributed by atoms with E-state index in [0.29, 0.717) is 5.56 Å². The Kier molecular flexibility index (Phi) is 4.92. The van der Waals surface area contributed by atoms with Crippen LogP contribution in [0.1, 0.15) is 18.4 Å². The Balaban J connectivity index is 1.95. The fourth-order valence-corrected chi connectivity index (χ4v) is 3.34. The molecule has 0 unspecified atom stereocenters. The van der Waals surface area contributed by atoms with E-state index in [4.69, 9.17) is 18.0 Å². The largest absolute Gasteiger partial charge is 0.389 e. The van der Waals surface area contributed by atoms with Gasteiger partial charge in [-0.15, -0.1) is 0 Å². The van der Waals surface area contributed by atoms with Crippen molar-refractivity contribution in [1.29, 1.82) is 0 Å². The van der Waals surface area contributed by atoms with E-state index in [2.05, 4.69) is 10.0 Å².